The molecule has 2 aromatic heterocycles. The summed E-state index contributed by atoms with van der Waals surface area (Å²) in [6.45, 7) is 3.80. The van der Waals surface area contributed by atoms with E-state index in [-0.39, 0.29) is 5.78 Å². The average Bonchev–Trinajstić information content (AvgIpc) is 3.18. The number of ketones is 1. The zero-order valence-corrected chi connectivity index (χ0v) is 14.6. The summed E-state index contributed by atoms with van der Waals surface area (Å²) in [5.74, 6) is -0.664. The number of hydrogen-bond donors (Lipinski definition) is 2. The first-order chi connectivity index (χ1) is 11.7. The van der Waals surface area contributed by atoms with Crippen LogP contribution in [0.2, 0.25) is 5.02 Å². The Morgan fingerprint density at radius 3 is 2.60 bits per heavy atom. The van der Waals surface area contributed by atoms with Crippen LogP contribution in [0.5, 0.6) is 0 Å². The third-order valence-electron chi connectivity index (χ3n) is 4.29. The Bertz CT molecular complexity index is 971. The zero-order chi connectivity index (χ0) is 18.4. The van der Waals surface area contributed by atoms with Crippen LogP contribution in [-0.2, 0) is 11.3 Å². The number of nitrogens with two attached hydrogens (primary N) is 2. The summed E-state index contributed by atoms with van der Waals surface area (Å²) >= 11 is 6.14. The number of furan rings is 1. The number of aromatic nitrogens is 1. The maximum absolute atomic E-state index is 12.8. The van der Waals surface area contributed by atoms with E-state index >= 15 is 0 Å². The molecular formula is C18H18ClN3O3. The average molecular weight is 360 g/mol. The van der Waals surface area contributed by atoms with Crippen LogP contribution in [0.1, 0.15) is 29.8 Å². The number of nitrogen functional groups attached to an aromatic ring is 1. The van der Waals surface area contributed by atoms with E-state index < -0.39 is 11.3 Å². The van der Waals surface area contributed by atoms with Gasteiger partial charge in [0.2, 0.25) is 5.91 Å². The minimum atomic E-state index is -0.795. The smallest absolute Gasteiger partial charge is 0.224 e. The second-order valence-electron chi connectivity index (χ2n) is 6.62. The van der Waals surface area contributed by atoms with E-state index in [4.69, 9.17) is 27.5 Å². The molecule has 0 spiro atoms. The van der Waals surface area contributed by atoms with E-state index in [2.05, 4.69) is 0 Å². The number of primary amides is 1. The molecule has 25 heavy (non-hydrogen) atoms. The van der Waals surface area contributed by atoms with Gasteiger partial charge in [0, 0.05) is 18.1 Å². The van der Waals surface area contributed by atoms with Crippen molar-refractivity contribution in [3.8, 4) is 0 Å². The minimum absolute atomic E-state index is 0.233. The number of hydrogen-bond acceptors (Lipinski definition) is 4. The van der Waals surface area contributed by atoms with Gasteiger partial charge in [-0.15, -0.1) is 0 Å². The van der Waals surface area contributed by atoms with Gasteiger partial charge in [-0.1, -0.05) is 11.6 Å². The van der Waals surface area contributed by atoms with Crippen LogP contribution in [0.3, 0.4) is 0 Å². The van der Waals surface area contributed by atoms with Gasteiger partial charge < -0.3 is 20.5 Å². The molecule has 6 nitrogen and oxygen atoms in total. The fraction of sp³-hybridized carbons (Fsp3) is 0.222. The van der Waals surface area contributed by atoms with Crippen LogP contribution in [0, 0.1) is 5.41 Å². The van der Waals surface area contributed by atoms with Gasteiger partial charge in [0.15, 0.2) is 5.78 Å². The largest absolute Gasteiger partial charge is 0.472 e. The molecule has 0 unspecified atom stereocenters. The van der Waals surface area contributed by atoms with Gasteiger partial charge in [0.25, 0.3) is 0 Å². The Labute approximate surface area is 149 Å². The Balaban J connectivity index is 2.22. The topological polar surface area (TPSA) is 104 Å². The minimum Gasteiger partial charge on any atom is -0.472 e. The summed E-state index contributed by atoms with van der Waals surface area (Å²) in [5, 5.41) is 0.916. The van der Waals surface area contributed by atoms with Crippen LogP contribution < -0.4 is 11.5 Å². The van der Waals surface area contributed by atoms with Crippen molar-refractivity contribution in [1.82, 2.24) is 4.57 Å². The van der Waals surface area contributed by atoms with Gasteiger partial charge in [0.05, 0.1) is 39.0 Å². The van der Waals surface area contributed by atoms with E-state index in [1.54, 1.807) is 42.8 Å². The molecule has 0 aliphatic carbocycles. The van der Waals surface area contributed by atoms with Crippen LogP contribution in [0.4, 0.5) is 5.69 Å². The maximum Gasteiger partial charge on any atom is 0.224 e. The van der Waals surface area contributed by atoms with E-state index in [1.807, 2.05) is 0 Å². The highest BCUT2D eigenvalue weighted by Crippen LogP contribution is 2.35. The van der Waals surface area contributed by atoms with Gasteiger partial charge in [-0.2, -0.15) is 0 Å². The highest BCUT2D eigenvalue weighted by molar-refractivity contribution is 6.35. The van der Waals surface area contributed by atoms with Crippen molar-refractivity contribution >= 4 is 39.9 Å². The van der Waals surface area contributed by atoms with Crippen molar-refractivity contribution in [2.45, 2.75) is 20.4 Å². The van der Waals surface area contributed by atoms with E-state index in [9.17, 15) is 9.59 Å². The summed E-state index contributed by atoms with van der Waals surface area (Å²) in [7, 11) is 0. The van der Waals surface area contributed by atoms with Crippen LogP contribution >= 0.6 is 11.6 Å². The molecule has 0 saturated heterocycles. The van der Waals surface area contributed by atoms with Gasteiger partial charge in [-0.05, 0) is 32.0 Å². The molecule has 2 heterocycles. The Morgan fingerprint density at radius 1 is 1.28 bits per heavy atom. The zero-order valence-electron chi connectivity index (χ0n) is 13.9. The van der Waals surface area contributed by atoms with Crippen LogP contribution in [0.25, 0.3) is 10.9 Å². The van der Waals surface area contributed by atoms with Crippen LogP contribution in [0.15, 0.2) is 41.3 Å². The summed E-state index contributed by atoms with van der Waals surface area (Å²) in [6.07, 6.45) is 4.48. The Morgan fingerprint density at radius 2 is 2.00 bits per heavy atom. The molecule has 0 fully saturated rings. The first kappa shape index (κ1) is 17.1. The molecule has 130 valence electrons. The van der Waals surface area contributed by atoms with Crippen LogP contribution in [-0.4, -0.2) is 16.3 Å². The van der Waals surface area contributed by atoms with Crippen molar-refractivity contribution in [2.24, 2.45) is 11.1 Å². The fourth-order valence-corrected chi connectivity index (χ4v) is 2.91. The lowest BCUT2D eigenvalue weighted by atomic mass is 9.92. The SMILES string of the molecule is CC(C)(Cn1cc(C(=O)c2ccoc2)c2c(N)c(Cl)ccc21)C(N)=O. The lowest BCUT2D eigenvalue weighted by Crippen LogP contribution is -2.35. The number of nitrogens with zero attached hydrogens (tertiary/aromatic N) is 1. The first-order valence-electron chi connectivity index (χ1n) is 7.66. The monoisotopic (exact) mass is 359 g/mol. The van der Waals surface area contributed by atoms with E-state index in [0.29, 0.717) is 39.3 Å². The second kappa shape index (κ2) is 5.97. The predicted octanol–water partition coefficient (Wildman–Crippen LogP) is 3.21. The molecule has 0 radical (unpaired) electrons. The van der Waals surface area contributed by atoms with Crippen molar-refractivity contribution in [3.63, 3.8) is 0 Å². The van der Waals surface area contributed by atoms with E-state index in [0.717, 1.165) is 0 Å². The lowest BCUT2D eigenvalue weighted by molar-refractivity contribution is -0.126. The highest BCUT2D eigenvalue weighted by Gasteiger charge is 2.28. The van der Waals surface area contributed by atoms with Crippen molar-refractivity contribution < 1.29 is 14.0 Å². The first-order valence-corrected chi connectivity index (χ1v) is 8.04. The maximum atomic E-state index is 12.8. The number of amides is 1. The molecule has 3 aromatic rings. The molecule has 0 aliphatic rings. The number of carbonyl (C=O) groups is 2. The number of halogens is 1. The second-order valence-corrected chi connectivity index (χ2v) is 7.02. The predicted molar refractivity (Wildman–Crippen MR) is 96.5 cm³/mol. The van der Waals surface area contributed by atoms with Gasteiger partial charge >= 0.3 is 0 Å². The number of rotatable bonds is 5. The highest BCUT2D eigenvalue weighted by atomic mass is 35.5. The third kappa shape index (κ3) is 2.89. The standard InChI is InChI=1S/C18H18ClN3O3/c1-18(2,17(21)24)9-22-7-11(16(23)10-5-6-25-8-10)14-13(22)4-3-12(19)15(14)20/h3-8H,9,20H2,1-2H3,(H2,21,24). The summed E-state index contributed by atoms with van der Waals surface area (Å²) < 4.78 is 6.80. The fourth-order valence-electron chi connectivity index (χ4n) is 2.75. The molecule has 7 heteroatoms. The summed E-state index contributed by atoms with van der Waals surface area (Å²) in [6, 6.07) is 5.02. The molecule has 1 amide bonds. The number of benzene rings is 1. The quantitative estimate of drug-likeness (QED) is 0.539. The number of carbonyl (C=O) groups excluding carboxylic acids is 2. The number of anilines is 1. The molecule has 0 atom stereocenters. The molecule has 0 aliphatic heterocycles. The molecule has 0 saturated carbocycles. The molecular weight excluding hydrogens is 342 g/mol. The van der Waals surface area contributed by atoms with Gasteiger partial charge in [0.1, 0.15) is 6.26 Å². The third-order valence-corrected chi connectivity index (χ3v) is 4.62. The van der Waals surface area contributed by atoms with Gasteiger partial charge in [-0.25, -0.2) is 0 Å². The lowest BCUT2D eigenvalue weighted by Gasteiger charge is -2.21. The summed E-state index contributed by atoms with van der Waals surface area (Å²) in [5.41, 5.74) is 12.7. The normalized spacial score (nSPS) is 11.8. The molecule has 4 N–H and O–H groups in total. The van der Waals surface area contributed by atoms with Crippen molar-refractivity contribution in [1.29, 1.82) is 0 Å². The molecule has 0 bridgehead atoms. The van der Waals surface area contributed by atoms with Gasteiger partial charge in [-0.3, -0.25) is 9.59 Å². The number of fused-ring (bicyclic) bond motifs is 1. The molecule has 3 rings (SSSR count). The van der Waals surface area contributed by atoms with Crippen molar-refractivity contribution in [2.75, 3.05) is 5.73 Å². The van der Waals surface area contributed by atoms with E-state index in [1.165, 1.54) is 12.5 Å². The summed E-state index contributed by atoms with van der Waals surface area (Å²) in [4.78, 5) is 24.5. The Kier molecular flexibility index (Phi) is 4.08. The molecule has 1 aromatic carbocycles. The van der Waals surface area contributed by atoms with Crippen molar-refractivity contribution in [3.05, 3.63) is 53.1 Å². The Hall–Kier alpha value is -2.73.